The van der Waals surface area contributed by atoms with E-state index in [1.807, 2.05) is 6.07 Å². The van der Waals surface area contributed by atoms with E-state index in [2.05, 4.69) is 4.98 Å². The second kappa shape index (κ2) is 5.98. The molecule has 4 nitrogen and oxygen atoms in total. The van der Waals surface area contributed by atoms with Crippen LogP contribution in [-0.2, 0) is 6.61 Å². The first-order valence-corrected chi connectivity index (χ1v) is 5.84. The molecule has 5 heteroatoms. The summed E-state index contributed by atoms with van der Waals surface area (Å²) in [5, 5.41) is 9.10. The second-order valence-electron chi connectivity index (χ2n) is 3.72. The molecule has 2 rings (SSSR count). The van der Waals surface area contributed by atoms with Crippen LogP contribution >= 0.6 is 11.6 Å². The Balaban J connectivity index is 2.17. The Morgan fingerprint density at radius 1 is 1.42 bits per heavy atom. The number of hydrogen-bond acceptors (Lipinski definition) is 4. The Morgan fingerprint density at radius 3 is 3.00 bits per heavy atom. The molecule has 2 aromatic rings. The largest absolute Gasteiger partial charge is 0.488 e. The van der Waals surface area contributed by atoms with E-state index < -0.39 is 0 Å². The highest BCUT2D eigenvalue weighted by atomic mass is 35.5. The third kappa shape index (κ3) is 3.09. The predicted molar refractivity (Wildman–Crippen MR) is 70.1 cm³/mol. The van der Waals surface area contributed by atoms with Crippen LogP contribution in [0.1, 0.15) is 21.6 Å². The molecule has 0 aliphatic carbocycles. The van der Waals surface area contributed by atoms with E-state index in [4.69, 9.17) is 21.6 Å². The highest BCUT2D eigenvalue weighted by Crippen LogP contribution is 2.25. The molecular weight excluding hydrogens is 264 g/mol. The molecule has 0 amide bonds. The smallest absolute Gasteiger partial charge is 0.155 e. The Morgan fingerprint density at radius 2 is 2.26 bits per heavy atom. The molecule has 19 heavy (non-hydrogen) atoms. The number of rotatable bonds is 4. The lowest BCUT2D eigenvalue weighted by Gasteiger charge is -2.09. The predicted octanol–water partition coefficient (Wildman–Crippen LogP) is 3.00. The number of pyridine rings is 1. The van der Waals surface area contributed by atoms with E-state index in [1.165, 1.54) is 6.20 Å². The van der Waals surface area contributed by atoms with E-state index in [0.29, 0.717) is 28.3 Å². The Bertz CT molecular complexity index is 650. The van der Waals surface area contributed by atoms with Crippen LogP contribution < -0.4 is 4.74 Å². The molecule has 0 bridgehead atoms. The van der Waals surface area contributed by atoms with Gasteiger partial charge in [-0.3, -0.25) is 4.79 Å². The van der Waals surface area contributed by atoms with Crippen molar-refractivity contribution >= 4 is 17.9 Å². The van der Waals surface area contributed by atoms with Crippen molar-refractivity contribution in [2.75, 3.05) is 0 Å². The molecule has 0 N–H and O–H groups in total. The minimum Gasteiger partial charge on any atom is -0.488 e. The van der Waals surface area contributed by atoms with Crippen LogP contribution in [0, 0.1) is 11.3 Å². The minimum atomic E-state index is 0.235. The summed E-state index contributed by atoms with van der Waals surface area (Å²) >= 11 is 5.89. The first kappa shape index (κ1) is 13.1. The fourth-order valence-corrected chi connectivity index (χ4v) is 1.75. The van der Waals surface area contributed by atoms with Crippen molar-refractivity contribution in [2.24, 2.45) is 0 Å². The fraction of sp³-hybridized carbons (Fsp3) is 0.0714. The van der Waals surface area contributed by atoms with Crippen molar-refractivity contribution in [1.82, 2.24) is 4.98 Å². The normalized spacial score (nSPS) is 9.68. The van der Waals surface area contributed by atoms with E-state index in [9.17, 15) is 4.79 Å². The van der Waals surface area contributed by atoms with Gasteiger partial charge in [-0.05, 0) is 29.8 Å². The van der Waals surface area contributed by atoms with Crippen molar-refractivity contribution in [3.8, 4) is 11.8 Å². The van der Waals surface area contributed by atoms with Crippen LogP contribution in [0.15, 0.2) is 36.5 Å². The summed E-state index contributed by atoms with van der Waals surface area (Å²) in [6.07, 6.45) is 2.20. The number of nitriles is 1. The van der Waals surface area contributed by atoms with Gasteiger partial charge < -0.3 is 4.74 Å². The van der Waals surface area contributed by atoms with Crippen LogP contribution in [0.5, 0.6) is 5.75 Å². The standard InChI is InChI=1S/C14H9ClN2O2/c15-13-2-1-3-14(12(13)8-18)19-9-10-4-5-17-11(6-10)7-16/h1-6,8H,9H2. The monoisotopic (exact) mass is 272 g/mol. The Kier molecular flexibility index (Phi) is 4.11. The topological polar surface area (TPSA) is 63.0 Å². The second-order valence-corrected chi connectivity index (χ2v) is 4.13. The lowest BCUT2D eigenvalue weighted by atomic mass is 10.2. The maximum absolute atomic E-state index is 10.9. The SMILES string of the molecule is N#Cc1cc(COc2cccc(Cl)c2C=O)ccn1. The summed E-state index contributed by atoms with van der Waals surface area (Å²) in [4.78, 5) is 14.8. The van der Waals surface area contributed by atoms with Gasteiger partial charge >= 0.3 is 0 Å². The zero-order valence-electron chi connectivity index (χ0n) is 9.84. The molecule has 0 atom stereocenters. The summed E-state index contributed by atoms with van der Waals surface area (Å²) in [5.74, 6) is 0.415. The third-order valence-corrected chi connectivity index (χ3v) is 2.79. The van der Waals surface area contributed by atoms with E-state index in [1.54, 1.807) is 30.3 Å². The van der Waals surface area contributed by atoms with Gasteiger partial charge in [-0.25, -0.2) is 4.98 Å². The zero-order valence-corrected chi connectivity index (χ0v) is 10.6. The third-order valence-electron chi connectivity index (χ3n) is 2.46. The first-order chi connectivity index (χ1) is 9.24. The van der Waals surface area contributed by atoms with Crippen LogP contribution in [-0.4, -0.2) is 11.3 Å². The average molecular weight is 273 g/mol. The summed E-state index contributed by atoms with van der Waals surface area (Å²) < 4.78 is 5.54. The minimum absolute atomic E-state index is 0.235. The highest BCUT2D eigenvalue weighted by Gasteiger charge is 2.07. The summed E-state index contributed by atoms with van der Waals surface area (Å²) in [5.41, 5.74) is 1.44. The van der Waals surface area contributed by atoms with Crippen molar-refractivity contribution in [3.05, 3.63) is 58.4 Å². The van der Waals surface area contributed by atoms with Gasteiger partial charge in [0.1, 0.15) is 24.1 Å². The number of aldehydes is 1. The Hall–Kier alpha value is -2.38. The van der Waals surface area contributed by atoms with Gasteiger partial charge in [-0.1, -0.05) is 17.7 Å². The number of ether oxygens (including phenoxy) is 1. The van der Waals surface area contributed by atoms with Crippen LogP contribution in [0.4, 0.5) is 0 Å². The molecule has 0 unspecified atom stereocenters. The van der Waals surface area contributed by atoms with Crippen LogP contribution in [0.3, 0.4) is 0 Å². The summed E-state index contributed by atoms with van der Waals surface area (Å²) in [6.45, 7) is 0.235. The number of aromatic nitrogens is 1. The van der Waals surface area contributed by atoms with Gasteiger partial charge in [0.05, 0.1) is 10.6 Å². The maximum atomic E-state index is 10.9. The highest BCUT2D eigenvalue weighted by molar-refractivity contribution is 6.33. The van der Waals surface area contributed by atoms with Crippen LogP contribution in [0.25, 0.3) is 0 Å². The maximum Gasteiger partial charge on any atom is 0.155 e. The fourth-order valence-electron chi connectivity index (χ4n) is 1.54. The summed E-state index contributed by atoms with van der Waals surface area (Å²) in [7, 11) is 0. The van der Waals surface area contributed by atoms with Crippen molar-refractivity contribution in [2.45, 2.75) is 6.61 Å². The molecule has 1 aromatic carbocycles. The number of carbonyl (C=O) groups excluding carboxylic acids is 1. The number of benzene rings is 1. The number of carbonyl (C=O) groups is 1. The molecule has 94 valence electrons. The van der Waals surface area contributed by atoms with Gasteiger partial charge in [0.2, 0.25) is 0 Å². The first-order valence-electron chi connectivity index (χ1n) is 5.46. The molecule has 0 saturated carbocycles. The molecule has 1 aromatic heterocycles. The molecule has 0 spiro atoms. The molecule has 0 saturated heterocycles. The molecule has 0 aliphatic rings. The quantitative estimate of drug-likeness (QED) is 0.803. The lowest BCUT2D eigenvalue weighted by Crippen LogP contribution is -1.99. The lowest BCUT2D eigenvalue weighted by molar-refractivity contribution is 0.111. The van der Waals surface area contributed by atoms with Gasteiger partial charge in [-0.15, -0.1) is 0 Å². The molecule has 0 aliphatic heterocycles. The van der Waals surface area contributed by atoms with Gasteiger partial charge in [-0.2, -0.15) is 5.26 Å². The van der Waals surface area contributed by atoms with Crippen molar-refractivity contribution in [3.63, 3.8) is 0 Å². The van der Waals surface area contributed by atoms with Crippen molar-refractivity contribution in [1.29, 1.82) is 5.26 Å². The van der Waals surface area contributed by atoms with Gasteiger partial charge in [0.25, 0.3) is 0 Å². The average Bonchev–Trinajstić information content (AvgIpc) is 2.45. The van der Waals surface area contributed by atoms with E-state index in [-0.39, 0.29) is 6.61 Å². The van der Waals surface area contributed by atoms with Crippen LogP contribution in [0.2, 0.25) is 5.02 Å². The summed E-state index contributed by atoms with van der Waals surface area (Å²) in [6, 6.07) is 10.3. The van der Waals surface area contributed by atoms with E-state index in [0.717, 1.165) is 5.56 Å². The molecular formula is C14H9ClN2O2. The number of hydrogen-bond donors (Lipinski definition) is 0. The number of nitrogens with zero attached hydrogens (tertiary/aromatic N) is 2. The van der Waals surface area contributed by atoms with Crippen molar-refractivity contribution < 1.29 is 9.53 Å². The Labute approximate surface area is 115 Å². The number of halogens is 1. The molecule has 1 heterocycles. The van der Waals surface area contributed by atoms with Gasteiger partial charge in [0.15, 0.2) is 6.29 Å². The zero-order chi connectivity index (χ0) is 13.7. The molecule has 0 radical (unpaired) electrons. The van der Waals surface area contributed by atoms with Gasteiger partial charge in [0, 0.05) is 6.20 Å². The molecule has 0 fully saturated rings. The van der Waals surface area contributed by atoms with E-state index >= 15 is 0 Å².